The highest BCUT2D eigenvalue weighted by Gasteiger charge is 2.27. The van der Waals surface area contributed by atoms with Gasteiger partial charge in [-0.1, -0.05) is 31.0 Å². The number of anilines is 1. The van der Waals surface area contributed by atoms with Crippen molar-refractivity contribution in [1.82, 2.24) is 4.98 Å². The molecule has 1 heterocycles. The second-order valence-corrected chi connectivity index (χ2v) is 9.58. The number of carboxylic acids is 1. The third kappa shape index (κ3) is 6.15. The van der Waals surface area contributed by atoms with Crippen molar-refractivity contribution in [2.24, 2.45) is 11.7 Å². The summed E-state index contributed by atoms with van der Waals surface area (Å²) in [6.07, 6.45) is 5.22. The van der Waals surface area contributed by atoms with Gasteiger partial charge < -0.3 is 20.3 Å². The molecule has 1 aliphatic carbocycles. The normalized spacial score (nSPS) is 17.9. The fraction of sp³-hybridized carbons (Fsp3) is 0.333. The Hall–Kier alpha value is -3.37. The second-order valence-electron chi connectivity index (χ2n) is 7.93. The van der Waals surface area contributed by atoms with Crippen LogP contribution in [0.3, 0.4) is 0 Å². The highest BCUT2D eigenvalue weighted by molar-refractivity contribution is 7.92. The van der Waals surface area contributed by atoms with Crippen molar-refractivity contribution in [2.75, 3.05) is 18.9 Å². The number of para-hydroxylation sites is 1. The standard InChI is InChI=1S/C17H16N2O4S.C7H13NO2/c1-22-14-7-8-16(23-2)17(10-14)24(20,21)19-13-9-12-5-3-4-6-15(12)18-11-13;8-6-4-2-1-3-5(6)7(9)10/h3-11,19H,1-2H3;5-6H,1-4,8H2,(H,9,10). The van der Waals surface area contributed by atoms with E-state index in [0.29, 0.717) is 11.4 Å². The molecule has 1 saturated carbocycles. The summed E-state index contributed by atoms with van der Waals surface area (Å²) in [6.45, 7) is 0. The van der Waals surface area contributed by atoms with E-state index in [0.717, 1.165) is 36.6 Å². The number of carbonyl (C=O) groups is 1. The van der Waals surface area contributed by atoms with Crippen LogP contribution in [-0.4, -0.2) is 44.7 Å². The minimum atomic E-state index is -3.85. The van der Waals surface area contributed by atoms with Crippen molar-refractivity contribution in [3.8, 4) is 11.5 Å². The predicted molar refractivity (Wildman–Crippen MR) is 130 cm³/mol. The molecule has 0 aliphatic heterocycles. The summed E-state index contributed by atoms with van der Waals surface area (Å²) in [7, 11) is -0.966. The molecule has 1 fully saturated rings. The third-order valence-corrected chi connectivity index (χ3v) is 7.04. The highest BCUT2D eigenvalue weighted by atomic mass is 32.2. The molecular weight excluding hydrogens is 458 g/mol. The molecule has 3 aromatic rings. The molecule has 4 rings (SSSR count). The fourth-order valence-electron chi connectivity index (χ4n) is 3.80. The van der Waals surface area contributed by atoms with E-state index in [1.807, 2.05) is 24.3 Å². The van der Waals surface area contributed by atoms with Gasteiger partial charge in [-0.3, -0.25) is 14.5 Å². The first-order chi connectivity index (χ1) is 16.2. The van der Waals surface area contributed by atoms with Gasteiger partial charge in [0.1, 0.15) is 16.4 Å². The molecule has 34 heavy (non-hydrogen) atoms. The Morgan fingerprint density at radius 3 is 2.47 bits per heavy atom. The topological polar surface area (TPSA) is 141 Å². The Labute approximate surface area is 199 Å². The predicted octanol–water partition coefficient (Wildman–Crippen LogP) is 3.64. The Balaban J connectivity index is 0.000000271. The molecule has 9 nitrogen and oxygen atoms in total. The number of methoxy groups -OCH3 is 2. The molecule has 0 radical (unpaired) electrons. The molecular formula is C24H29N3O6S. The quantitative estimate of drug-likeness (QED) is 0.479. The number of fused-ring (bicyclic) bond motifs is 1. The average Bonchev–Trinajstić information content (AvgIpc) is 2.84. The number of aromatic nitrogens is 1. The van der Waals surface area contributed by atoms with Crippen molar-refractivity contribution >= 4 is 32.6 Å². The van der Waals surface area contributed by atoms with E-state index >= 15 is 0 Å². The molecule has 4 N–H and O–H groups in total. The number of aliphatic carboxylic acids is 1. The Morgan fingerprint density at radius 1 is 1.09 bits per heavy atom. The lowest BCUT2D eigenvalue weighted by molar-refractivity contribution is -0.143. The molecule has 182 valence electrons. The largest absolute Gasteiger partial charge is 0.497 e. The van der Waals surface area contributed by atoms with Crippen LogP contribution < -0.4 is 19.9 Å². The van der Waals surface area contributed by atoms with Gasteiger partial charge in [0.2, 0.25) is 0 Å². The second kappa shape index (κ2) is 11.2. The van der Waals surface area contributed by atoms with Crippen molar-refractivity contribution in [3.05, 3.63) is 54.7 Å². The number of hydrogen-bond acceptors (Lipinski definition) is 7. The van der Waals surface area contributed by atoms with Gasteiger partial charge in [0, 0.05) is 17.5 Å². The Morgan fingerprint density at radius 2 is 1.82 bits per heavy atom. The van der Waals surface area contributed by atoms with E-state index < -0.39 is 16.0 Å². The maximum atomic E-state index is 12.7. The van der Waals surface area contributed by atoms with Crippen molar-refractivity contribution < 1.29 is 27.8 Å². The summed E-state index contributed by atoms with van der Waals surface area (Å²) < 4.78 is 38.2. The first-order valence-corrected chi connectivity index (χ1v) is 12.3. The number of rotatable bonds is 6. The molecule has 0 amide bonds. The summed E-state index contributed by atoms with van der Waals surface area (Å²) in [6, 6.07) is 13.7. The smallest absolute Gasteiger partial charge is 0.308 e. The zero-order chi connectivity index (χ0) is 24.7. The first kappa shape index (κ1) is 25.3. The number of nitrogens with one attached hydrogen (secondary N) is 1. The van der Waals surface area contributed by atoms with E-state index in [4.69, 9.17) is 20.3 Å². The number of nitrogens with two attached hydrogens (primary N) is 1. The molecule has 10 heteroatoms. The Bertz CT molecular complexity index is 1250. The highest BCUT2D eigenvalue weighted by Crippen LogP contribution is 2.30. The minimum absolute atomic E-state index is 0.00231. The average molecular weight is 488 g/mol. The zero-order valence-electron chi connectivity index (χ0n) is 19.1. The molecule has 0 spiro atoms. The van der Waals surface area contributed by atoms with Gasteiger partial charge >= 0.3 is 5.97 Å². The van der Waals surface area contributed by atoms with Crippen LogP contribution in [0.1, 0.15) is 25.7 Å². The molecule has 0 bridgehead atoms. The number of sulfonamides is 1. The summed E-state index contributed by atoms with van der Waals surface area (Å²) in [5.41, 5.74) is 6.76. The van der Waals surface area contributed by atoms with Crippen LogP contribution in [0.5, 0.6) is 11.5 Å². The van der Waals surface area contributed by atoms with Crippen LogP contribution in [0.15, 0.2) is 59.6 Å². The van der Waals surface area contributed by atoms with Crippen LogP contribution >= 0.6 is 0 Å². The van der Waals surface area contributed by atoms with Crippen LogP contribution in [0.25, 0.3) is 10.9 Å². The molecule has 1 aromatic heterocycles. The summed E-state index contributed by atoms with van der Waals surface area (Å²) in [5.74, 6) is -0.356. The van der Waals surface area contributed by atoms with Gasteiger partial charge in [0.25, 0.3) is 10.0 Å². The van der Waals surface area contributed by atoms with E-state index in [9.17, 15) is 13.2 Å². The van der Waals surface area contributed by atoms with Crippen LogP contribution in [0.2, 0.25) is 0 Å². The van der Waals surface area contributed by atoms with Crippen LogP contribution in [-0.2, 0) is 14.8 Å². The van der Waals surface area contributed by atoms with E-state index in [1.54, 1.807) is 18.2 Å². The molecule has 1 aliphatic rings. The van der Waals surface area contributed by atoms with Crippen molar-refractivity contribution in [3.63, 3.8) is 0 Å². The SMILES string of the molecule is COc1ccc(OC)c(S(=O)(=O)Nc2cnc3ccccc3c2)c1.NC1CCCCC1C(=O)O. The first-order valence-electron chi connectivity index (χ1n) is 10.8. The number of ether oxygens (including phenoxy) is 2. The van der Waals surface area contributed by atoms with Crippen LogP contribution in [0.4, 0.5) is 5.69 Å². The zero-order valence-corrected chi connectivity index (χ0v) is 19.9. The van der Waals surface area contributed by atoms with Crippen molar-refractivity contribution in [2.45, 2.75) is 36.6 Å². The van der Waals surface area contributed by atoms with Gasteiger partial charge in [-0.25, -0.2) is 8.42 Å². The van der Waals surface area contributed by atoms with E-state index in [1.165, 1.54) is 26.5 Å². The third-order valence-electron chi connectivity index (χ3n) is 5.64. The molecule has 2 aromatic carbocycles. The summed E-state index contributed by atoms with van der Waals surface area (Å²) in [5, 5.41) is 9.47. The maximum absolute atomic E-state index is 12.7. The minimum Gasteiger partial charge on any atom is -0.497 e. The Kier molecular flexibility index (Phi) is 8.30. The number of hydrogen-bond donors (Lipinski definition) is 3. The fourth-order valence-corrected chi connectivity index (χ4v) is 5.02. The number of carboxylic acid groups (broad SMARTS) is 1. The van der Waals surface area contributed by atoms with E-state index in [-0.39, 0.29) is 22.6 Å². The summed E-state index contributed by atoms with van der Waals surface area (Å²) >= 11 is 0. The number of benzene rings is 2. The van der Waals surface area contributed by atoms with E-state index in [2.05, 4.69) is 9.71 Å². The lowest BCUT2D eigenvalue weighted by Gasteiger charge is -2.24. The number of pyridine rings is 1. The van der Waals surface area contributed by atoms with Crippen molar-refractivity contribution in [1.29, 1.82) is 0 Å². The molecule has 0 saturated heterocycles. The lowest BCUT2D eigenvalue weighted by atomic mass is 9.85. The van der Waals surface area contributed by atoms with Gasteiger partial charge in [0.15, 0.2) is 0 Å². The number of nitrogens with zero attached hydrogens (tertiary/aromatic N) is 1. The van der Waals surface area contributed by atoms with Gasteiger partial charge in [-0.2, -0.15) is 0 Å². The summed E-state index contributed by atoms with van der Waals surface area (Å²) in [4.78, 5) is 14.7. The van der Waals surface area contributed by atoms with Gasteiger partial charge in [-0.05, 0) is 37.1 Å². The lowest BCUT2D eigenvalue weighted by Crippen LogP contribution is -2.37. The maximum Gasteiger partial charge on any atom is 0.308 e. The van der Waals surface area contributed by atoms with Crippen LogP contribution in [0, 0.1) is 5.92 Å². The van der Waals surface area contributed by atoms with Gasteiger partial charge in [0.05, 0.1) is 37.5 Å². The molecule has 2 unspecified atom stereocenters. The monoisotopic (exact) mass is 487 g/mol. The van der Waals surface area contributed by atoms with Gasteiger partial charge in [-0.15, -0.1) is 0 Å². The molecule has 2 atom stereocenters.